The van der Waals surface area contributed by atoms with Crippen LogP contribution in [0.4, 0.5) is 5.69 Å². The Hall–Kier alpha value is 0.202. The maximum atomic E-state index is 7.13. The van der Waals surface area contributed by atoms with Crippen molar-refractivity contribution in [1.29, 1.82) is 0 Å². The van der Waals surface area contributed by atoms with E-state index in [1.165, 1.54) is 0 Å². The van der Waals surface area contributed by atoms with E-state index in [1.54, 1.807) is 18.2 Å². The van der Waals surface area contributed by atoms with Gasteiger partial charge in [0.2, 0.25) is 0 Å². The maximum absolute atomic E-state index is 7.13. The van der Waals surface area contributed by atoms with E-state index in [2.05, 4.69) is 6.58 Å². The summed E-state index contributed by atoms with van der Waals surface area (Å²) >= 11 is 0. The first-order valence-electron chi connectivity index (χ1n) is 2.77. The van der Waals surface area contributed by atoms with E-state index in [9.17, 15) is 0 Å². The van der Waals surface area contributed by atoms with Crippen LogP contribution in [0.15, 0.2) is 30.8 Å². The molecule has 0 atom stereocenters. The van der Waals surface area contributed by atoms with E-state index in [1.807, 2.05) is 12.1 Å². The van der Waals surface area contributed by atoms with E-state index in [-0.39, 0.29) is 44.1 Å². The molecule has 0 aliphatic rings. The molecule has 0 bridgehead atoms. The molecule has 0 aliphatic heterocycles. The van der Waals surface area contributed by atoms with Crippen LogP contribution in [0, 0.1) is 44.1 Å². The van der Waals surface area contributed by atoms with Crippen LogP contribution in [0.1, 0.15) is 5.56 Å². The van der Waals surface area contributed by atoms with Crippen LogP contribution in [0.2, 0.25) is 0 Å². The molecule has 0 spiro atoms. The summed E-state index contributed by atoms with van der Waals surface area (Å²) in [6.07, 6.45) is 1.76. The summed E-state index contributed by atoms with van der Waals surface area (Å²) in [5.74, 6) is 0. The SMILES string of the molecule is C=Cc1ccc([NH-])cc1.[Ac]. The van der Waals surface area contributed by atoms with Crippen LogP contribution in [-0.4, -0.2) is 0 Å². The van der Waals surface area contributed by atoms with Gasteiger partial charge >= 0.3 is 0 Å². The van der Waals surface area contributed by atoms with E-state index >= 15 is 0 Å². The quantitative estimate of drug-likeness (QED) is 0.747. The molecule has 1 N–H and O–H groups in total. The second kappa shape index (κ2) is 4.93. The molecule has 0 fully saturated rings. The molecule has 49 valence electrons. The van der Waals surface area contributed by atoms with Gasteiger partial charge in [-0.1, -0.05) is 36.9 Å². The van der Waals surface area contributed by atoms with Crippen LogP contribution in [-0.2, 0) is 0 Å². The van der Waals surface area contributed by atoms with Crippen molar-refractivity contribution < 1.29 is 44.1 Å². The average molecular weight is 345 g/mol. The van der Waals surface area contributed by atoms with Gasteiger partial charge in [-0.15, -0.1) is 5.69 Å². The third-order valence-corrected chi connectivity index (χ3v) is 1.15. The first-order valence-corrected chi connectivity index (χ1v) is 2.77. The van der Waals surface area contributed by atoms with Gasteiger partial charge in [0, 0.05) is 44.1 Å². The molecule has 0 saturated heterocycles. The van der Waals surface area contributed by atoms with Gasteiger partial charge in [-0.25, -0.2) is 0 Å². The van der Waals surface area contributed by atoms with Crippen molar-refractivity contribution in [3.8, 4) is 0 Å². The van der Waals surface area contributed by atoms with Crippen LogP contribution < -0.4 is 0 Å². The first-order chi connectivity index (χ1) is 4.33. The average Bonchev–Trinajstić information content (AvgIpc) is 1.90. The molecule has 2 heteroatoms. The standard InChI is InChI=1S/C8H8N.Ac/c1-2-7-3-5-8(9)6-4-7;/h2-6,9H,1H2;/q-1;. The molecule has 1 rings (SSSR count). The molecule has 1 nitrogen and oxygen atoms in total. The molecular weight excluding hydrogens is 337 g/mol. The third kappa shape index (κ3) is 2.86. The molecule has 10 heavy (non-hydrogen) atoms. The molecule has 0 heterocycles. The van der Waals surface area contributed by atoms with Crippen LogP contribution in [0.25, 0.3) is 11.8 Å². The summed E-state index contributed by atoms with van der Waals surface area (Å²) < 4.78 is 0. The topological polar surface area (TPSA) is 23.8 Å². The van der Waals surface area contributed by atoms with E-state index in [0.717, 1.165) is 5.56 Å². The smallest absolute Gasteiger partial charge is 0 e. The monoisotopic (exact) mass is 345 g/mol. The van der Waals surface area contributed by atoms with Crippen molar-refractivity contribution in [1.82, 2.24) is 0 Å². The second-order valence-electron chi connectivity index (χ2n) is 1.83. The predicted octanol–water partition coefficient (Wildman–Crippen LogP) is 3.01. The van der Waals surface area contributed by atoms with Gasteiger partial charge in [-0.2, -0.15) is 0 Å². The number of rotatable bonds is 1. The zero-order valence-corrected chi connectivity index (χ0v) is 10.4. The van der Waals surface area contributed by atoms with E-state index in [0.29, 0.717) is 5.69 Å². The summed E-state index contributed by atoms with van der Waals surface area (Å²) in [4.78, 5) is 0. The predicted molar refractivity (Wildman–Crippen MR) is 40.5 cm³/mol. The summed E-state index contributed by atoms with van der Waals surface area (Å²) in [7, 11) is 0. The number of benzene rings is 1. The molecule has 1 aromatic rings. The number of hydrogen-bond donors (Lipinski definition) is 0. The minimum absolute atomic E-state index is 0. The Kier molecular flexibility index (Phi) is 5.03. The van der Waals surface area contributed by atoms with Gasteiger partial charge < -0.3 is 5.73 Å². The molecular formula is C8H8AcN-. The van der Waals surface area contributed by atoms with Crippen molar-refractivity contribution in [2.24, 2.45) is 0 Å². The maximum Gasteiger partial charge on any atom is 0 e. The van der Waals surface area contributed by atoms with Crippen molar-refractivity contribution in [3.05, 3.63) is 42.1 Å². The van der Waals surface area contributed by atoms with Gasteiger partial charge in [0.05, 0.1) is 0 Å². The zero-order valence-electron chi connectivity index (χ0n) is 5.67. The van der Waals surface area contributed by atoms with Gasteiger partial charge in [0.1, 0.15) is 0 Å². The molecule has 1 radical (unpaired) electrons. The van der Waals surface area contributed by atoms with E-state index in [4.69, 9.17) is 5.73 Å². The minimum atomic E-state index is 0. The summed E-state index contributed by atoms with van der Waals surface area (Å²) in [6.45, 7) is 3.60. The fourth-order valence-electron chi connectivity index (χ4n) is 0.619. The van der Waals surface area contributed by atoms with Crippen LogP contribution in [0.5, 0.6) is 0 Å². The zero-order chi connectivity index (χ0) is 6.69. The number of hydrogen-bond acceptors (Lipinski definition) is 0. The molecule has 0 amide bonds. The Labute approximate surface area is 96.9 Å². The molecule has 0 aromatic heterocycles. The minimum Gasteiger partial charge on any atom is -0.699 e. The summed E-state index contributed by atoms with van der Waals surface area (Å²) in [5, 5.41) is 0. The molecule has 1 aromatic carbocycles. The van der Waals surface area contributed by atoms with Crippen molar-refractivity contribution in [3.63, 3.8) is 0 Å². The Balaban J connectivity index is 0.000000810. The second-order valence-corrected chi connectivity index (χ2v) is 1.83. The van der Waals surface area contributed by atoms with Crippen LogP contribution in [0.3, 0.4) is 0 Å². The van der Waals surface area contributed by atoms with Crippen molar-refractivity contribution in [2.45, 2.75) is 0 Å². The summed E-state index contributed by atoms with van der Waals surface area (Å²) in [5.41, 5.74) is 8.74. The fourth-order valence-corrected chi connectivity index (χ4v) is 0.619. The summed E-state index contributed by atoms with van der Waals surface area (Å²) in [6, 6.07) is 7.23. The van der Waals surface area contributed by atoms with Gasteiger partial charge in [-0.3, -0.25) is 0 Å². The normalized spacial score (nSPS) is 8.00. The molecule has 0 aliphatic carbocycles. The van der Waals surface area contributed by atoms with E-state index < -0.39 is 0 Å². The van der Waals surface area contributed by atoms with Crippen LogP contribution >= 0.6 is 0 Å². The fraction of sp³-hybridized carbons (Fsp3) is 0. The largest absolute Gasteiger partial charge is 0.699 e. The number of nitrogens with one attached hydrogen (secondary N) is 1. The molecule has 0 saturated carbocycles. The first kappa shape index (κ1) is 10.2. The van der Waals surface area contributed by atoms with Crippen molar-refractivity contribution in [2.75, 3.05) is 0 Å². The Bertz CT molecular complexity index is 203. The van der Waals surface area contributed by atoms with Gasteiger partial charge in [0.15, 0.2) is 0 Å². The van der Waals surface area contributed by atoms with Crippen molar-refractivity contribution >= 4 is 11.8 Å². The Morgan fingerprint density at radius 2 is 1.70 bits per heavy atom. The Morgan fingerprint density at radius 1 is 1.20 bits per heavy atom. The molecule has 0 unspecified atom stereocenters. The van der Waals surface area contributed by atoms with Gasteiger partial charge in [-0.05, 0) is 5.56 Å². The Morgan fingerprint density at radius 3 is 2.10 bits per heavy atom. The van der Waals surface area contributed by atoms with Gasteiger partial charge in [0.25, 0.3) is 0 Å². The third-order valence-electron chi connectivity index (χ3n) is 1.15.